The Balaban J connectivity index is 2.69. The van der Waals surface area contributed by atoms with Gasteiger partial charge in [0.2, 0.25) is 0 Å². The summed E-state index contributed by atoms with van der Waals surface area (Å²) in [5.74, 6) is -1.54. The molecule has 0 amide bonds. The first-order valence-electron chi connectivity index (χ1n) is 5.47. The molecule has 1 heterocycles. The number of esters is 1. The van der Waals surface area contributed by atoms with E-state index in [9.17, 15) is 14.7 Å². The number of aromatic carboxylic acids is 1. The van der Waals surface area contributed by atoms with E-state index >= 15 is 0 Å². The summed E-state index contributed by atoms with van der Waals surface area (Å²) in [6.45, 7) is 1.62. The van der Waals surface area contributed by atoms with Crippen LogP contribution in [0.2, 0.25) is 0 Å². The molecule has 0 aliphatic rings. The van der Waals surface area contributed by atoms with E-state index in [1.54, 1.807) is 25.1 Å². The number of aromatic nitrogens is 1. The number of carboxylic acids is 1. The predicted octanol–water partition coefficient (Wildman–Crippen LogP) is 2.07. The molecule has 5 nitrogen and oxygen atoms in total. The lowest BCUT2D eigenvalue weighted by Gasteiger charge is -2.14. The van der Waals surface area contributed by atoms with Crippen molar-refractivity contribution in [2.24, 2.45) is 0 Å². The van der Waals surface area contributed by atoms with Crippen molar-refractivity contribution in [1.29, 1.82) is 0 Å². The third kappa shape index (κ3) is 1.84. The summed E-state index contributed by atoms with van der Waals surface area (Å²) >= 11 is 0. The number of ether oxygens (including phenoxy) is 1. The summed E-state index contributed by atoms with van der Waals surface area (Å²) in [5, 5.41) is 9.98. The van der Waals surface area contributed by atoms with Crippen molar-refractivity contribution in [3.63, 3.8) is 0 Å². The van der Waals surface area contributed by atoms with Crippen LogP contribution in [0.4, 0.5) is 0 Å². The molecule has 5 heteroatoms. The van der Waals surface area contributed by atoms with E-state index in [2.05, 4.69) is 4.74 Å². The van der Waals surface area contributed by atoms with Crippen LogP contribution in [-0.2, 0) is 9.53 Å². The number of rotatable bonds is 3. The molecule has 1 unspecified atom stereocenters. The van der Waals surface area contributed by atoms with Crippen molar-refractivity contribution in [3.05, 3.63) is 36.0 Å². The summed E-state index contributed by atoms with van der Waals surface area (Å²) in [7, 11) is 1.28. The molecule has 0 spiro atoms. The Morgan fingerprint density at radius 3 is 2.61 bits per heavy atom. The zero-order valence-electron chi connectivity index (χ0n) is 10.1. The third-order valence-electron chi connectivity index (χ3n) is 2.90. The Labute approximate surface area is 104 Å². The summed E-state index contributed by atoms with van der Waals surface area (Å²) in [6, 6.07) is 8.08. The summed E-state index contributed by atoms with van der Waals surface area (Å²) < 4.78 is 6.14. The number of nitrogens with zero attached hydrogens (tertiary/aromatic N) is 1. The van der Waals surface area contributed by atoms with Gasteiger partial charge < -0.3 is 14.4 Å². The number of benzene rings is 1. The van der Waals surface area contributed by atoms with Crippen LogP contribution in [0.1, 0.15) is 23.5 Å². The normalized spacial score (nSPS) is 12.3. The summed E-state index contributed by atoms with van der Waals surface area (Å²) in [6.07, 6.45) is 0. The number of hydrogen-bond acceptors (Lipinski definition) is 3. The van der Waals surface area contributed by atoms with E-state index in [1.165, 1.54) is 11.7 Å². The van der Waals surface area contributed by atoms with Crippen LogP contribution < -0.4 is 0 Å². The van der Waals surface area contributed by atoms with Crippen LogP contribution in [0.5, 0.6) is 0 Å². The van der Waals surface area contributed by atoms with Crippen LogP contribution in [0.15, 0.2) is 30.3 Å². The standard InChI is InChI=1S/C13H13NO4/c1-8(13(17)18-2)14-10-6-4-3-5-9(10)7-11(14)12(15)16/h3-8H,1-2H3,(H,15,16). The minimum Gasteiger partial charge on any atom is -0.477 e. The molecule has 1 atom stereocenters. The second-order valence-corrected chi connectivity index (χ2v) is 3.96. The maximum Gasteiger partial charge on any atom is 0.352 e. The Morgan fingerprint density at radius 1 is 1.33 bits per heavy atom. The molecule has 18 heavy (non-hydrogen) atoms. The quantitative estimate of drug-likeness (QED) is 0.843. The summed E-state index contributed by atoms with van der Waals surface area (Å²) in [4.78, 5) is 22.8. The highest BCUT2D eigenvalue weighted by Crippen LogP contribution is 2.24. The molecular formula is C13H13NO4. The zero-order chi connectivity index (χ0) is 13.3. The molecule has 0 fully saturated rings. The number of methoxy groups -OCH3 is 1. The Morgan fingerprint density at radius 2 is 2.00 bits per heavy atom. The van der Waals surface area contributed by atoms with Crippen LogP contribution in [0.3, 0.4) is 0 Å². The molecule has 2 aromatic rings. The van der Waals surface area contributed by atoms with E-state index in [0.29, 0.717) is 5.52 Å². The van der Waals surface area contributed by atoms with E-state index in [1.807, 2.05) is 12.1 Å². The van der Waals surface area contributed by atoms with Crippen molar-refractivity contribution < 1.29 is 19.4 Å². The van der Waals surface area contributed by atoms with Crippen LogP contribution in [0.25, 0.3) is 10.9 Å². The Kier molecular flexibility index (Phi) is 3.06. The van der Waals surface area contributed by atoms with Crippen LogP contribution in [0, 0.1) is 0 Å². The van der Waals surface area contributed by atoms with Gasteiger partial charge in [0.25, 0.3) is 0 Å². The first-order chi connectivity index (χ1) is 8.56. The molecule has 0 aliphatic carbocycles. The van der Waals surface area contributed by atoms with Crippen molar-refractivity contribution in [1.82, 2.24) is 4.57 Å². The lowest BCUT2D eigenvalue weighted by atomic mass is 10.2. The molecular weight excluding hydrogens is 234 g/mol. The second kappa shape index (κ2) is 4.52. The van der Waals surface area contributed by atoms with Gasteiger partial charge in [-0.3, -0.25) is 0 Å². The fourth-order valence-corrected chi connectivity index (χ4v) is 2.03. The number of hydrogen-bond donors (Lipinski definition) is 1. The van der Waals surface area contributed by atoms with Gasteiger partial charge in [0.1, 0.15) is 11.7 Å². The number of para-hydroxylation sites is 1. The van der Waals surface area contributed by atoms with Gasteiger partial charge in [-0.1, -0.05) is 18.2 Å². The minimum atomic E-state index is -1.07. The van der Waals surface area contributed by atoms with Crippen LogP contribution >= 0.6 is 0 Å². The van der Waals surface area contributed by atoms with E-state index in [4.69, 9.17) is 0 Å². The molecule has 0 radical (unpaired) electrons. The average Bonchev–Trinajstić information content (AvgIpc) is 2.76. The van der Waals surface area contributed by atoms with Gasteiger partial charge in [0, 0.05) is 10.9 Å². The Hall–Kier alpha value is -2.30. The summed E-state index contributed by atoms with van der Waals surface area (Å²) in [5.41, 5.74) is 0.780. The highest BCUT2D eigenvalue weighted by Gasteiger charge is 2.23. The van der Waals surface area contributed by atoms with E-state index < -0.39 is 18.0 Å². The highest BCUT2D eigenvalue weighted by atomic mass is 16.5. The number of carbonyl (C=O) groups is 2. The first-order valence-corrected chi connectivity index (χ1v) is 5.47. The minimum absolute atomic E-state index is 0.0779. The number of carbonyl (C=O) groups excluding carboxylic acids is 1. The Bertz CT molecular complexity index is 614. The monoisotopic (exact) mass is 247 g/mol. The molecule has 94 valence electrons. The smallest absolute Gasteiger partial charge is 0.352 e. The fourth-order valence-electron chi connectivity index (χ4n) is 2.03. The maximum atomic E-state index is 11.6. The average molecular weight is 247 g/mol. The van der Waals surface area contributed by atoms with Gasteiger partial charge in [-0.15, -0.1) is 0 Å². The molecule has 0 saturated carbocycles. The number of carboxylic acid groups (broad SMARTS) is 1. The van der Waals surface area contributed by atoms with Gasteiger partial charge in [-0.05, 0) is 19.1 Å². The molecule has 2 rings (SSSR count). The van der Waals surface area contributed by atoms with Gasteiger partial charge in [-0.2, -0.15) is 0 Å². The molecule has 0 bridgehead atoms. The molecule has 0 aliphatic heterocycles. The fraction of sp³-hybridized carbons (Fsp3) is 0.231. The highest BCUT2D eigenvalue weighted by molar-refractivity contribution is 5.96. The molecule has 1 N–H and O–H groups in total. The largest absolute Gasteiger partial charge is 0.477 e. The molecule has 1 aromatic heterocycles. The third-order valence-corrected chi connectivity index (χ3v) is 2.90. The second-order valence-electron chi connectivity index (χ2n) is 3.96. The molecule has 0 saturated heterocycles. The van der Waals surface area contributed by atoms with Gasteiger partial charge >= 0.3 is 11.9 Å². The SMILES string of the molecule is COC(=O)C(C)n1c(C(=O)O)cc2ccccc21. The van der Waals surface area contributed by atoms with Crippen molar-refractivity contribution in [3.8, 4) is 0 Å². The predicted molar refractivity (Wildman–Crippen MR) is 65.6 cm³/mol. The van der Waals surface area contributed by atoms with Crippen molar-refractivity contribution in [2.45, 2.75) is 13.0 Å². The maximum absolute atomic E-state index is 11.6. The van der Waals surface area contributed by atoms with Gasteiger partial charge in [0.15, 0.2) is 0 Å². The van der Waals surface area contributed by atoms with E-state index in [-0.39, 0.29) is 5.69 Å². The topological polar surface area (TPSA) is 68.5 Å². The van der Waals surface area contributed by atoms with Crippen LogP contribution in [-0.4, -0.2) is 28.7 Å². The lowest BCUT2D eigenvalue weighted by Crippen LogP contribution is -2.21. The molecule has 1 aromatic carbocycles. The number of fused-ring (bicyclic) bond motifs is 1. The van der Waals surface area contributed by atoms with Gasteiger partial charge in [0.05, 0.1) is 7.11 Å². The first kappa shape index (κ1) is 12.2. The van der Waals surface area contributed by atoms with Crippen molar-refractivity contribution >= 4 is 22.8 Å². The lowest BCUT2D eigenvalue weighted by molar-refractivity contribution is -0.143. The van der Waals surface area contributed by atoms with Gasteiger partial charge in [-0.25, -0.2) is 9.59 Å². The van der Waals surface area contributed by atoms with E-state index in [0.717, 1.165) is 5.39 Å². The zero-order valence-corrected chi connectivity index (χ0v) is 10.1. The van der Waals surface area contributed by atoms with Crippen molar-refractivity contribution in [2.75, 3.05) is 7.11 Å².